The van der Waals surface area contributed by atoms with Gasteiger partial charge >= 0.3 is 5.97 Å². The maximum atomic E-state index is 11.3. The van der Waals surface area contributed by atoms with E-state index in [1.165, 1.54) is 7.11 Å². The number of hydrogen-bond donors (Lipinski definition) is 0. The van der Waals surface area contributed by atoms with E-state index in [2.05, 4.69) is 4.90 Å². The van der Waals surface area contributed by atoms with Crippen molar-refractivity contribution in [2.45, 2.75) is 38.0 Å². The van der Waals surface area contributed by atoms with Gasteiger partial charge in [-0.15, -0.1) is 0 Å². The highest BCUT2D eigenvalue weighted by Crippen LogP contribution is 2.31. The molecule has 2 aliphatic rings. The van der Waals surface area contributed by atoms with Crippen molar-refractivity contribution in [1.29, 1.82) is 0 Å². The number of likely N-dealkylation sites (tertiary alicyclic amines) is 1. The number of hydrogen-bond acceptors (Lipinski definition) is 5. The molecule has 1 atom stereocenters. The SMILES string of the molecule is COC(=O)CC(C)N1CCCC2(C1)OCCO2. The van der Waals surface area contributed by atoms with E-state index in [-0.39, 0.29) is 12.0 Å². The van der Waals surface area contributed by atoms with Crippen molar-refractivity contribution in [1.82, 2.24) is 4.90 Å². The molecular formula is C12H21NO4. The standard InChI is InChI=1S/C12H21NO4/c1-10(8-11(14)15-2)13-5-3-4-12(9-13)16-6-7-17-12/h10H,3-9H2,1-2H3. The van der Waals surface area contributed by atoms with E-state index < -0.39 is 5.79 Å². The molecule has 2 fully saturated rings. The van der Waals surface area contributed by atoms with Gasteiger partial charge in [0.1, 0.15) is 0 Å². The van der Waals surface area contributed by atoms with E-state index in [9.17, 15) is 4.79 Å². The van der Waals surface area contributed by atoms with E-state index in [0.29, 0.717) is 19.6 Å². The van der Waals surface area contributed by atoms with Crippen molar-refractivity contribution in [3.8, 4) is 0 Å². The first kappa shape index (κ1) is 12.8. The van der Waals surface area contributed by atoms with Crippen molar-refractivity contribution in [2.24, 2.45) is 0 Å². The van der Waals surface area contributed by atoms with Gasteiger partial charge in [0.2, 0.25) is 0 Å². The Morgan fingerprint density at radius 2 is 2.18 bits per heavy atom. The van der Waals surface area contributed by atoms with Gasteiger partial charge in [-0.3, -0.25) is 9.69 Å². The molecule has 2 saturated heterocycles. The van der Waals surface area contributed by atoms with Crippen LogP contribution in [-0.4, -0.2) is 56.1 Å². The fourth-order valence-corrected chi connectivity index (χ4v) is 2.58. The van der Waals surface area contributed by atoms with Gasteiger partial charge in [0.25, 0.3) is 0 Å². The molecule has 0 radical (unpaired) electrons. The Bertz CT molecular complexity index is 276. The Morgan fingerprint density at radius 3 is 2.82 bits per heavy atom. The molecule has 5 heteroatoms. The van der Waals surface area contributed by atoms with E-state index in [1.54, 1.807) is 0 Å². The second kappa shape index (κ2) is 5.33. The number of carbonyl (C=O) groups excluding carboxylic acids is 1. The van der Waals surface area contributed by atoms with Crippen LogP contribution in [-0.2, 0) is 19.0 Å². The quantitative estimate of drug-likeness (QED) is 0.685. The molecular weight excluding hydrogens is 222 g/mol. The zero-order valence-corrected chi connectivity index (χ0v) is 10.6. The Balaban J connectivity index is 1.90. The molecule has 0 N–H and O–H groups in total. The molecule has 1 unspecified atom stereocenters. The summed E-state index contributed by atoms with van der Waals surface area (Å²) in [6, 6.07) is 0.174. The van der Waals surface area contributed by atoms with Crippen LogP contribution in [0.15, 0.2) is 0 Å². The predicted octanol–water partition coefficient (Wildman–Crippen LogP) is 0.777. The van der Waals surface area contributed by atoms with Gasteiger partial charge in [-0.05, 0) is 19.9 Å². The monoisotopic (exact) mass is 243 g/mol. The number of carbonyl (C=O) groups is 1. The zero-order valence-electron chi connectivity index (χ0n) is 10.6. The number of ether oxygens (including phenoxy) is 3. The summed E-state index contributed by atoms with van der Waals surface area (Å²) in [5, 5.41) is 0. The molecule has 0 aromatic rings. The number of rotatable bonds is 3. The summed E-state index contributed by atoms with van der Waals surface area (Å²) in [6.45, 7) is 5.15. The van der Waals surface area contributed by atoms with Crippen molar-refractivity contribution >= 4 is 5.97 Å². The molecule has 2 rings (SSSR count). The maximum Gasteiger partial charge on any atom is 0.307 e. The van der Waals surface area contributed by atoms with Crippen LogP contribution >= 0.6 is 0 Å². The lowest BCUT2D eigenvalue weighted by molar-refractivity contribution is -0.194. The molecule has 0 amide bonds. The Labute approximate surface area is 102 Å². The van der Waals surface area contributed by atoms with Crippen molar-refractivity contribution in [3.63, 3.8) is 0 Å². The van der Waals surface area contributed by atoms with Crippen LogP contribution in [0.2, 0.25) is 0 Å². The first-order valence-corrected chi connectivity index (χ1v) is 6.24. The molecule has 0 saturated carbocycles. The Morgan fingerprint density at radius 1 is 1.47 bits per heavy atom. The molecule has 5 nitrogen and oxygen atoms in total. The molecule has 1 spiro atoms. The number of esters is 1. The largest absolute Gasteiger partial charge is 0.469 e. The lowest BCUT2D eigenvalue weighted by Crippen LogP contribution is -2.52. The Kier molecular flexibility index (Phi) is 4.01. The lowest BCUT2D eigenvalue weighted by Gasteiger charge is -2.41. The van der Waals surface area contributed by atoms with Gasteiger partial charge in [-0.25, -0.2) is 0 Å². The third-order valence-electron chi connectivity index (χ3n) is 3.57. The number of piperidine rings is 1. The molecule has 0 aromatic heterocycles. The minimum absolute atomic E-state index is 0.162. The third-order valence-corrected chi connectivity index (χ3v) is 3.57. The van der Waals surface area contributed by atoms with Gasteiger partial charge in [-0.1, -0.05) is 0 Å². The summed E-state index contributed by atoms with van der Waals surface area (Å²) in [5.74, 6) is -0.576. The lowest BCUT2D eigenvalue weighted by atomic mass is 10.0. The van der Waals surface area contributed by atoms with Crippen LogP contribution in [0.3, 0.4) is 0 Å². The van der Waals surface area contributed by atoms with E-state index in [4.69, 9.17) is 14.2 Å². The molecule has 98 valence electrons. The average Bonchev–Trinajstić information content (AvgIpc) is 2.77. The number of nitrogens with zero attached hydrogens (tertiary/aromatic N) is 1. The molecule has 0 bridgehead atoms. The van der Waals surface area contributed by atoms with Crippen LogP contribution in [0.5, 0.6) is 0 Å². The first-order valence-electron chi connectivity index (χ1n) is 6.24. The normalized spacial score (nSPS) is 26.0. The molecule has 17 heavy (non-hydrogen) atoms. The Hall–Kier alpha value is -0.650. The summed E-state index contributed by atoms with van der Waals surface area (Å²) < 4.78 is 16.1. The summed E-state index contributed by atoms with van der Waals surface area (Å²) in [4.78, 5) is 13.5. The van der Waals surface area contributed by atoms with E-state index >= 15 is 0 Å². The molecule has 2 aliphatic heterocycles. The summed E-state index contributed by atoms with van der Waals surface area (Å²) >= 11 is 0. The highest BCUT2D eigenvalue weighted by atomic mass is 16.7. The maximum absolute atomic E-state index is 11.3. The summed E-state index contributed by atoms with van der Waals surface area (Å²) in [6.07, 6.45) is 2.42. The third kappa shape index (κ3) is 2.97. The fraction of sp³-hybridized carbons (Fsp3) is 0.917. The van der Waals surface area contributed by atoms with Gasteiger partial charge in [0.15, 0.2) is 5.79 Å². The zero-order chi connectivity index (χ0) is 12.3. The predicted molar refractivity (Wildman–Crippen MR) is 61.5 cm³/mol. The topological polar surface area (TPSA) is 48.0 Å². The van der Waals surface area contributed by atoms with Crippen molar-refractivity contribution in [3.05, 3.63) is 0 Å². The van der Waals surface area contributed by atoms with Crippen molar-refractivity contribution in [2.75, 3.05) is 33.4 Å². The fourth-order valence-electron chi connectivity index (χ4n) is 2.58. The highest BCUT2D eigenvalue weighted by molar-refractivity contribution is 5.69. The van der Waals surface area contributed by atoms with Gasteiger partial charge in [-0.2, -0.15) is 0 Å². The van der Waals surface area contributed by atoms with Crippen LogP contribution < -0.4 is 0 Å². The molecule has 0 aromatic carbocycles. The van der Waals surface area contributed by atoms with Crippen molar-refractivity contribution < 1.29 is 19.0 Å². The molecule has 0 aliphatic carbocycles. The van der Waals surface area contributed by atoms with Crippen LogP contribution in [0.4, 0.5) is 0 Å². The van der Waals surface area contributed by atoms with Gasteiger partial charge < -0.3 is 14.2 Å². The minimum Gasteiger partial charge on any atom is -0.469 e. The number of methoxy groups -OCH3 is 1. The molecule has 2 heterocycles. The van der Waals surface area contributed by atoms with Crippen LogP contribution in [0.25, 0.3) is 0 Å². The first-order chi connectivity index (χ1) is 8.15. The smallest absolute Gasteiger partial charge is 0.307 e. The highest BCUT2D eigenvalue weighted by Gasteiger charge is 2.41. The summed E-state index contributed by atoms with van der Waals surface area (Å²) in [5.41, 5.74) is 0. The van der Waals surface area contributed by atoms with Gasteiger partial charge in [0.05, 0.1) is 33.3 Å². The van der Waals surface area contributed by atoms with Crippen LogP contribution in [0, 0.1) is 0 Å². The van der Waals surface area contributed by atoms with Crippen LogP contribution in [0.1, 0.15) is 26.2 Å². The second-order valence-corrected chi connectivity index (χ2v) is 4.81. The second-order valence-electron chi connectivity index (χ2n) is 4.81. The van der Waals surface area contributed by atoms with E-state index in [1.807, 2.05) is 6.92 Å². The van der Waals surface area contributed by atoms with Gasteiger partial charge in [0, 0.05) is 12.5 Å². The summed E-state index contributed by atoms with van der Waals surface area (Å²) in [7, 11) is 1.43. The average molecular weight is 243 g/mol. The minimum atomic E-state index is -0.414. The van der Waals surface area contributed by atoms with E-state index in [0.717, 1.165) is 25.9 Å².